The van der Waals surface area contributed by atoms with E-state index in [-0.39, 0.29) is 0 Å². The van der Waals surface area contributed by atoms with Gasteiger partial charge in [0, 0.05) is 6.04 Å². The molecule has 0 rings (SSSR count). The Kier molecular flexibility index (Phi) is 11.3. The van der Waals surface area contributed by atoms with Crippen molar-refractivity contribution in [2.75, 3.05) is 26.2 Å². The Balaban J connectivity index is 3.71. The number of rotatable bonds is 11. The molecule has 0 fully saturated rings. The van der Waals surface area contributed by atoms with E-state index >= 15 is 0 Å². The zero-order valence-corrected chi connectivity index (χ0v) is 11.9. The van der Waals surface area contributed by atoms with Gasteiger partial charge in [-0.25, -0.2) is 0 Å². The summed E-state index contributed by atoms with van der Waals surface area (Å²) in [6.07, 6.45) is 6.59. The largest absolute Gasteiger partial charge is 0.314 e. The number of unbranched alkanes of at least 4 members (excludes halogenated alkanes) is 2. The van der Waals surface area contributed by atoms with Crippen LogP contribution in [-0.4, -0.2) is 37.1 Å². The van der Waals surface area contributed by atoms with Crippen LogP contribution in [0.15, 0.2) is 0 Å². The van der Waals surface area contributed by atoms with Gasteiger partial charge in [-0.2, -0.15) is 0 Å². The summed E-state index contributed by atoms with van der Waals surface area (Å²) in [6, 6.07) is 0.663. The summed E-state index contributed by atoms with van der Waals surface area (Å²) in [4.78, 5) is 2.64. The van der Waals surface area contributed by atoms with Crippen molar-refractivity contribution in [1.29, 1.82) is 0 Å². The molecule has 0 spiro atoms. The van der Waals surface area contributed by atoms with E-state index in [1.807, 2.05) is 0 Å². The van der Waals surface area contributed by atoms with Crippen molar-refractivity contribution in [3.05, 3.63) is 0 Å². The third kappa shape index (κ3) is 9.17. The lowest BCUT2D eigenvalue weighted by Crippen LogP contribution is -2.33. The molecule has 0 saturated carbocycles. The molecule has 2 nitrogen and oxygen atoms in total. The molecule has 0 aromatic heterocycles. The fourth-order valence-corrected chi connectivity index (χ4v) is 1.93. The molecule has 0 aromatic rings. The second-order valence-corrected chi connectivity index (χ2v) is 4.80. The Labute approximate surface area is 103 Å². The molecule has 16 heavy (non-hydrogen) atoms. The number of hydrogen-bond acceptors (Lipinski definition) is 2. The first-order valence-electron chi connectivity index (χ1n) is 7.20. The second kappa shape index (κ2) is 11.4. The Hall–Kier alpha value is -0.0800. The summed E-state index contributed by atoms with van der Waals surface area (Å²) in [5.41, 5.74) is 0. The number of nitrogens with zero attached hydrogens (tertiary/aromatic N) is 1. The smallest absolute Gasteiger partial charge is 0.00507 e. The zero-order valence-electron chi connectivity index (χ0n) is 11.9. The first kappa shape index (κ1) is 15.9. The van der Waals surface area contributed by atoms with Gasteiger partial charge in [0.1, 0.15) is 0 Å². The molecule has 1 N–H and O–H groups in total. The molecule has 2 heteroatoms. The molecule has 0 aliphatic rings. The van der Waals surface area contributed by atoms with Crippen molar-refractivity contribution >= 4 is 0 Å². The summed E-state index contributed by atoms with van der Waals surface area (Å²) in [5.74, 6) is 0. The van der Waals surface area contributed by atoms with Crippen LogP contribution in [0.2, 0.25) is 0 Å². The Morgan fingerprint density at radius 3 is 1.94 bits per heavy atom. The van der Waals surface area contributed by atoms with Crippen molar-refractivity contribution < 1.29 is 0 Å². The SMILES string of the molecule is CCCCN(CCCC)CCC(C)NCC. The first-order chi connectivity index (χ1) is 7.74. The average molecular weight is 228 g/mol. The van der Waals surface area contributed by atoms with Gasteiger partial charge in [0.25, 0.3) is 0 Å². The summed E-state index contributed by atoms with van der Waals surface area (Å²) in [6.45, 7) is 14.0. The predicted octanol–water partition coefficient (Wildman–Crippen LogP) is 3.28. The van der Waals surface area contributed by atoms with Crippen molar-refractivity contribution in [3.8, 4) is 0 Å². The fraction of sp³-hybridized carbons (Fsp3) is 1.00. The highest BCUT2D eigenvalue weighted by atomic mass is 15.1. The van der Waals surface area contributed by atoms with Crippen molar-refractivity contribution in [2.24, 2.45) is 0 Å². The minimum absolute atomic E-state index is 0.663. The van der Waals surface area contributed by atoms with Gasteiger partial charge in [-0.15, -0.1) is 0 Å². The van der Waals surface area contributed by atoms with Crippen LogP contribution in [0, 0.1) is 0 Å². The van der Waals surface area contributed by atoms with Gasteiger partial charge in [-0.3, -0.25) is 0 Å². The quantitative estimate of drug-likeness (QED) is 0.584. The maximum atomic E-state index is 3.49. The predicted molar refractivity (Wildman–Crippen MR) is 74.0 cm³/mol. The van der Waals surface area contributed by atoms with Gasteiger partial charge in [-0.1, -0.05) is 33.6 Å². The molecule has 0 bridgehead atoms. The standard InChI is InChI=1S/C14H32N2/c1-5-8-11-16(12-9-6-2)13-10-14(4)15-7-3/h14-15H,5-13H2,1-4H3. The van der Waals surface area contributed by atoms with Crippen LogP contribution in [0.1, 0.15) is 59.8 Å². The summed E-state index contributed by atoms with van der Waals surface area (Å²) in [7, 11) is 0. The molecule has 0 aliphatic heterocycles. The van der Waals surface area contributed by atoms with Crippen LogP contribution in [0.4, 0.5) is 0 Å². The van der Waals surface area contributed by atoms with E-state index in [9.17, 15) is 0 Å². The van der Waals surface area contributed by atoms with Gasteiger partial charge in [0.15, 0.2) is 0 Å². The monoisotopic (exact) mass is 228 g/mol. The summed E-state index contributed by atoms with van der Waals surface area (Å²) >= 11 is 0. The van der Waals surface area contributed by atoms with Crippen molar-refractivity contribution in [2.45, 2.75) is 65.8 Å². The van der Waals surface area contributed by atoms with Gasteiger partial charge in [0.2, 0.25) is 0 Å². The first-order valence-corrected chi connectivity index (χ1v) is 7.20. The van der Waals surface area contributed by atoms with Crippen LogP contribution in [0.25, 0.3) is 0 Å². The van der Waals surface area contributed by atoms with E-state index in [0.29, 0.717) is 6.04 Å². The Morgan fingerprint density at radius 2 is 1.50 bits per heavy atom. The van der Waals surface area contributed by atoms with Gasteiger partial charge in [-0.05, 0) is 52.4 Å². The van der Waals surface area contributed by atoms with Crippen molar-refractivity contribution in [1.82, 2.24) is 10.2 Å². The van der Waals surface area contributed by atoms with Crippen molar-refractivity contribution in [3.63, 3.8) is 0 Å². The molecule has 0 aromatic carbocycles. The Morgan fingerprint density at radius 1 is 0.938 bits per heavy atom. The normalized spacial score (nSPS) is 13.3. The van der Waals surface area contributed by atoms with E-state index in [1.165, 1.54) is 51.7 Å². The minimum Gasteiger partial charge on any atom is -0.314 e. The van der Waals surface area contributed by atoms with Crippen LogP contribution in [0.5, 0.6) is 0 Å². The molecular weight excluding hydrogens is 196 g/mol. The van der Waals surface area contributed by atoms with Gasteiger partial charge < -0.3 is 10.2 Å². The van der Waals surface area contributed by atoms with E-state index < -0.39 is 0 Å². The highest BCUT2D eigenvalue weighted by Crippen LogP contribution is 2.02. The van der Waals surface area contributed by atoms with E-state index in [4.69, 9.17) is 0 Å². The van der Waals surface area contributed by atoms with E-state index in [0.717, 1.165) is 6.54 Å². The maximum absolute atomic E-state index is 3.49. The molecule has 0 aliphatic carbocycles. The fourth-order valence-electron chi connectivity index (χ4n) is 1.93. The molecule has 0 saturated heterocycles. The second-order valence-electron chi connectivity index (χ2n) is 4.80. The molecule has 0 heterocycles. The Bertz CT molecular complexity index is 129. The minimum atomic E-state index is 0.663. The topological polar surface area (TPSA) is 15.3 Å². The van der Waals surface area contributed by atoms with Gasteiger partial charge >= 0.3 is 0 Å². The maximum Gasteiger partial charge on any atom is 0.00507 e. The molecule has 0 radical (unpaired) electrons. The third-order valence-corrected chi connectivity index (χ3v) is 3.09. The molecule has 1 unspecified atom stereocenters. The summed E-state index contributed by atoms with van der Waals surface area (Å²) in [5, 5.41) is 3.49. The van der Waals surface area contributed by atoms with E-state index in [1.54, 1.807) is 0 Å². The van der Waals surface area contributed by atoms with Gasteiger partial charge in [0.05, 0.1) is 0 Å². The zero-order chi connectivity index (χ0) is 12.2. The van der Waals surface area contributed by atoms with Crippen LogP contribution in [0.3, 0.4) is 0 Å². The van der Waals surface area contributed by atoms with Crippen LogP contribution < -0.4 is 5.32 Å². The highest BCUT2D eigenvalue weighted by Gasteiger charge is 2.06. The highest BCUT2D eigenvalue weighted by molar-refractivity contribution is 4.64. The lowest BCUT2D eigenvalue weighted by molar-refractivity contribution is 0.251. The number of hydrogen-bond donors (Lipinski definition) is 1. The lowest BCUT2D eigenvalue weighted by atomic mass is 10.2. The van der Waals surface area contributed by atoms with E-state index in [2.05, 4.69) is 37.9 Å². The number of nitrogens with one attached hydrogen (secondary N) is 1. The lowest BCUT2D eigenvalue weighted by Gasteiger charge is -2.24. The van der Waals surface area contributed by atoms with Crippen LogP contribution in [-0.2, 0) is 0 Å². The molecule has 0 amide bonds. The molecular formula is C14H32N2. The van der Waals surface area contributed by atoms with Crippen LogP contribution >= 0.6 is 0 Å². The summed E-state index contributed by atoms with van der Waals surface area (Å²) < 4.78 is 0. The third-order valence-electron chi connectivity index (χ3n) is 3.09. The average Bonchev–Trinajstić information content (AvgIpc) is 2.28. The molecule has 1 atom stereocenters. The molecule has 98 valence electrons.